The van der Waals surface area contributed by atoms with Crippen LogP contribution in [0.2, 0.25) is 0 Å². The highest BCUT2D eigenvalue weighted by atomic mass is 16.5. The van der Waals surface area contributed by atoms with Gasteiger partial charge in [0.2, 0.25) is 5.91 Å². The zero-order valence-electron chi connectivity index (χ0n) is 20.6. The first kappa shape index (κ1) is 25.8. The van der Waals surface area contributed by atoms with Gasteiger partial charge in [-0.25, -0.2) is 10.2 Å². The summed E-state index contributed by atoms with van der Waals surface area (Å²) in [6.45, 7) is 1.94. The minimum atomic E-state index is -0.515. The fraction of sp³-hybridized carbons (Fsp3) is 0.0323. The first-order chi connectivity index (χ1) is 18.5. The maximum Gasteiger partial charge on any atom is 0.343 e. The summed E-state index contributed by atoms with van der Waals surface area (Å²) < 4.78 is 5.53. The lowest BCUT2D eigenvalue weighted by Crippen LogP contribution is -2.20. The molecule has 0 fully saturated rings. The average molecular weight is 504 g/mol. The molecule has 0 radical (unpaired) electrons. The minimum absolute atomic E-state index is 0.241. The monoisotopic (exact) mass is 503 g/mol. The van der Waals surface area contributed by atoms with Crippen molar-refractivity contribution in [3.05, 3.63) is 137 Å². The molecule has 7 nitrogen and oxygen atoms in total. The van der Waals surface area contributed by atoms with E-state index in [-0.39, 0.29) is 11.5 Å². The van der Waals surface area contributed by atoms with Crippen molar-refractivity contribution in [1.29, 1.82) is 0 Å². The zero-order valence-corrected chi connectivity index (χ0v) is 20.6. The molecule has 0 aromatic heterocycles. The molecule has 0 spiro atoms. The SMILES string of the molecule is Cc1ccc(C(=O)Oc2ccccc2/C=N\NC(=O)c2ccccc2NC(=O)/C=C/c2ccccc2)cc1. The Morgan fingerprint density at radius 1 is 0.789 bits per heavy atom. The maximum absolute atomic E-state index is 12.8. The number of aryl methyl sites for hydroxylation is 1. The molecule has 0 saturated heterocycles. The van der Waals surface area contributed by atoms with Crippen molar-refractivity contribution in [2.45, 2.75) is 6.92 Å². The predicted molar refractivity (Wildman–Crippen MR) is 148 cm³/mol. The van der Waals surface area contributed by atoms with Crippen molar-refractivity contribution in [1.82, 2.24) is 5.43 Å². The molecule has 0 atom stereocenters. The summed E-state index contributed by atoms with van der Waals surface area (Å²) in [6.07, 6.45) is 4.47. The van der Waals surface area contributed by atoms with E-state index in [0.29, 0.717) is 22.6 Å². The number of anilines is 1. The van der Waals surface area contributed by atoms with Crippen molar-refractivity contribution < 1.29 is 19.1 Å². The third kappa shape index (κ3) is 7.11. The Labute approximate surface area is 220 Å². The molecular formula is C31H25N3O4. The highest BCUT2D eigenvalue weighted by molar-refractivity contribution is 6.07. The molecule has 4 rings (SSSR count). The van der Waals surface area contributed by atoms with Crippen molar-refractivity contribution in [3.8, 4) is 5.75 Å². The molecule has 2 amide bonds. The third-order valence-electron chi connectivity index (χ3n) is 5.43. The Morgan fingerprint density at radius 2 is 1.47 bits per heavy atom. The number of hydrazone groups is 1. The van der Waals surface area contributed by atoms with Crippen LogP contribution in [0.5, 0.6) is 5.75 Å². The molecule has 38 heavy (non-hydrogen) atoms. The topological polar surface area (TPSA) is 96.9 Å². The number of carbonyl (C=O) groups is 3. The van der Waals surface area contributed by atoms with Crippen LogP contribution in [0.1, 0.15) is 37.4 Å². The summed E-state index contributed by atoms with van der Waals surface area (Å²) in [7, 11) is 0. The molecule has 0 aliphatic carbocycles. The molecular weight excluding hydrogens is 478 g/mol. The fourth-order valence-electron chi connectivity index (χ4n) is 3.45. The number of ether oxygens (including phenoxy) is 1. The summed E-state index contributed by atoms with van der Waals surface area (Å²) >= 11 is 0. The number of amides is 2. The second-order valence-electron chi connectivity index (χ2n) is 8.27. The number of nitrogens with zero attached hydrogens (tertiary/aromatic N) is 1. The number of rotatable bonds is 8. The molecule has 0 saturated carbocycles. The fourth-order valence-corrected chi connectivity index (χ4v) is 3.45. The van der Waals surface area contributed by atoms with E-state index >= 15 is 0 Å². The summed E-state index contributed by atoms with van der Waals surface area (Å²) in [5.74, 6) is -1.09. The van der Waals surface area contributed by atoms with Gasteiger partial charge in [0.25, 0.3) is 5.91 Å². The molecule has 0 aliphatic rings. The van der Waals surface area contributed by atoms with Crippen LogP contribution in [0.15, 0.2) is 114 Å². The number of nitrogens with one attached hydrogen (secondary N) is 2. The first-order valence-corrected chi connectivity index (χ1v) is 11.8. The largest absolute Gasteiger partial charge is 0.422 e. The number of carbonyl (C=O) groups excluding carboxylic acids is 3. The third-order valence-corrected chi connectivity index (χ3v) is 5.43. The van der Waals surface area contributed by atoms with Gasteiger partial charge in [-0.2, -0.15) is 5.10 Å². The van der Waals surface area contributed by atoms with Crippen molar-refractivity contribution in [3.63, 3.8) is 0 Å². The van der Waals surface area contributed by atoms with Crippen molar-refractivity contribution >= 4 is 35.8 Å². The van der Waals surface area contributed by atoms with Gasteiger partial charge in [0.15, 0.2) is 0 Å². The summed E-state index contributed by atoms with van der Waals surface area (Å²) in [4.78, 5) is 37.7. The van der Waals surface area contributed by atoms with E-state index < -0.39 is 11.9 Å². The van der Waals surface area contributed by atoms with E-state index in [1.807, 2.05) is 49.4 Å². The van der Waals surface area contributed by atoms with Gasteiger partial charge in [-0.05, 0) is 55.0 Å². The quantitative estimate of drug-likeness (QED) is 0.107. The molecule has 0 unspecified atom stereocenters. The van der Waals surface area contributed by atoms with E-state index in [1.54, 1.807) is 66.7 Å². The average Bonchev–Trinajstić information content (AvgIpc) is 2.94. The number of benzene rings is 4. The lowest BCUT2D eigenvalue weighted by atomic mass is 10.1. The van der Waals surface area contributed by atoms with Crippen LogP contribution in [-0.4, -0.2) is 24.0 Å². The number of para-hydroxylation sites is 2. The van der Waals surface area contributed by atoms with Crippen molar-refractivity contribution in [2.24, 2.45) is 5.10 Å². The first-order valence-electron chi connectivity index (χ1n) is 11.8. The molecule has 2 N–H and O–H groups in total. The second-order valence-corrected chi connectivity index (χ2v) is 8.27. The van der Waals surface area contributed by atoms with Crippen LogP contribution in [0.3, 0.4) is 0 Å². The lowest BCUT2D eigenvalue weighted by Gasteiger charge is -2.09. The van der Waals surface area contributed by atoms with Crippen LogP contribution in [0, 0.1) is 6.92 Å². The smallest absolute Gasteiger partial charge is 0.343 e. The van der Waals surface area contributed by atoms with Crippen LogP contribution < -0.4 is 15.5 Å². The highest BCUT2D eigenvalue weighted by Gasteiger charge is 2.13. The van der Waals surface area contributed by atoms with Gasteiger partial charge in [-0.1, -0.05) is 72.3 Å². The zero-order chi connectivity index (χ0) is 26.7. The van der Waals surface area contributed by atoms with Crippen LogP contribution in [-0.2, 0) is 4.79 Å². The van der Waals surface area contributed by atoms with Crippen molar-refractivity contribution in [2.75, 3.05) is 5.32 Å². The molecule has 188 valence electrons. The van der Waals surface area contributed by atoms with Gasteiger partial charge in [0.1, 0.15) is 5.75 Å². The Morgan fingerprint density at radius 3 is 2.26 bits per heavy atom. The number of hydrogen-bond donors (Lipinski definition) is 2. The molecule has 4 aromatic carbocycles. The van der Waals surface area contributed by atoms with Crippen LogP contribution >= 0.6 is 0 Å². The van der Waals surface area contributed by atoms with E-state index in [9.17, 15) is 14.4 Å². The Hall–Kier alpha value is -5.30. The van der Waals surface area contributed by atoms with E-state index in [1.165, 1.54) is 12.3 Å². The van der Waals surface area contributed by atoms with Gasteiger partial charge in [-0.15, -0.1) is 0 Å². The van der Waals surface area contributed by atoms with E-state index in [0.717, 1.165) is 11.1 Å². The minimum Gasteiger partial charge on any atom is -0.422 e. The van der Waals surface area contributed by atoms with Gasteiger partial charge < -0.3 is 10.1 Å². The molecule has 7 heteroatoms. The lowest BCUT2D eigenvalue weighted by molar-refractivity contribution is -0.111. The molecule has 0 bridgehead atoms. The van der Waals surface area contributed by atoms with Crippen LogP contribution in [0.4, 0.5) is 5.69 Å². The van der Waals surface area contributed by atoms with Gasteiger partial charge >= 0.3 is 5.97 Å². The Kier molecular flexibility index (Phi) is 8.55. The van der Waals surface area contributed by atoms with Crippen LogP contribution in [0.25, 0.3) is 6.08 Å². The van der Waals surface area contributed by atoms with E-state index in [2.05, 4.69) is 15.8 Å². The molecule has 0 aliphatic heterocycles. The Balaban J connectivity index is 1.41. The second kappa shape index (κ2) is 12.6. The summed E-state index contributed by atoms with van der Waals surface area (Å²) in [5, 5.41) is 6.75. The highest BCUT2D eigenvalue weighted by Crippen LogP contribution is 2.19. The standard InChI is InChI=1S/C31H25N3O4/c1-22-15-18-24(19-16-22)31(37)38-28-14-8-5-11-25(28)21-32-34-30(36)26-12-6-7-13-27(26)33-29(35)20-17-23-9-3-2-4-10-23/h2-21H,1H3,(H,33,35)(H,34,36)/b20-17+,32-21-. The molecule has 4 aromatic rings. The normalized spacial score (nSPS) is 10.9. The van der Waals surface area contributed by atoms with E-state index in [4.69, 9.17) is 4.74 Å². The van der Waals surface area contributed by atoms with Gasteiger partial charge in [0, 0.05) is 11.6 Å². The predicted octanol–water partition coefficient (Wildman–Crippen LogP) is 5.63. The van der Waals surface area contributed by atoms with Gasteiger partial charge in [-0.3, -0.25) is 9.59 Å². The maximum atomic E-state index is 12.8. The number of hydrogen-bond acceptors (Lipinski definition) is 5. The summed E-state index contributed by atoms with van der Waals surface area (Å²) in [5.41, 5.74) is 5.89. The summed E-state index contributed by atoms with van der Waals surface area (Å²) in [6, 6.07) is 29.9. The molecule has 0 heterocycles. The number of esters is 1. The van der Waals surface area contributed by atoms with Gasteiger partial charge in [0.05, 0.1) is 23.0 Å². The Bertz CT molecular complexity index is 1490.